The van der Waals surface area contributed by atoms with Gasteiger partial charge in [0.25, 0.3) is 0 Å². The number of rotatable bonds is 4. The summed E-state index contributed by atoms with van der Waals surface area (Å²) in [6.45, 7) is 3.51. The third-order valence-corrected chi connectivity index (χ3v) is 5.29. The summed E-state index contributed by atoms with van der Waals surface area (Å²) < 4.78 is 27.8. The average molecular weight is 396 g/mol. The minimum absolute atomic E-state index is 0.211. The average Bonchev–Trinajstić information content (AvgIpc) is 2.75. The van der Waals surface area contributed by atoms with Crippen molar-refractivity contribution in [1.82, 2.24) is 0 Å². The Balaban J connectivity index is 1.77. The molecule has 4 aromatic carbocycles. The quantitative estimate of drug-likeness (QED) is 0.306. The Morgan fingerprint density at radius 3 is 1.83 bits per heavy atom. The summed E-state index contributed by atoms with van der Waals surface area (Å²) in [5.74, 6) is -0.422. The first-order valence-corrected chi connectivity index (χ1v) is 9.91. The van der Waals surface area contributed by atoms with Crippen molar-refractivity contribution < 1.29 is 8.78 Å². The molecule has 0 N–H and O–H groups in total. The molecule has 0 saturated heterocycles. The van der Waals surface area contributed by atoms with Crippen LogP contribution in [-0.2, 0) is 0 Å². The number of hydrogen-bond donors (Lipinski definition) is 0. The summed E-state index contributed by atoms with van der Waals surface area (Å²) in [5, 5.41) is 2.24. The second kappa shape index (κ2) is 8.46. The largest absolute Gasteiger partial charge is 0.207 e. The summed E-state index contributed by atoms with van der Waals surface area (Å²) in [6, 6.07) is 22.8. The summed E-state index contributed by atoms with van der Waals surface area (Å²) in [5.41, 5.74) is 4.93. The molecule has 0 aliphatic rings. The fourth-order valence-corrected chi connectivity index (χ4v) is 3.43. The molecular weight excluding hydrogens is 374 g/mol. The Morgan fingerprint density at radius 1 is 0.600 bits per heavy atom. The monoisotopic (exact) mass is 396 g/mol. The van der Waals surface area contributed by atoms with Crippen molar-refractivity contribution in [3.8, 4) is 0 Å². The van der Waals surface area contributed by atoms with Crippen LogP contribution >= 0.6 is 0 Å². The van der Waals surface area contributed by atoms with Crippen LogP contribution in [0.15, 0.2) is 72.8 Å². The van der Waals surface area contributed by atoms with E-state index in [9.17, 15) is 8.78 Å². The third-order valence-electron chi connectivity index (χ3n) is 5.29. The van der Waals surface area contributed by atoms with E-state index in [0.717, 1.165) is 33.0 Å². The van der Waals surface area contributed by atoms with E-state index in [0.29, 0.717) is 11.1 Å². The number of hydrogen-bond acceptors (Lipinski definition) is 0. The molecule has 0 aromatic heterocycles. The molecule has 0 aliphatic carbocycles. The molecule has 0 bridgehead atoms. The van der Waals surface area contributed by atoms with E-state index in [1.807, 2.05) is 48.6 Å². The van der Waals surface area contributed by atoms with Crippen LogP contribution in [0.4, 0.5) is 8.78 Å². The molecule has 30 heavy (non-hydrogen) atoms. The Hall–Kier alpha value is -3.52. The van der Waals surface area contributed by atoms with Crippen molar-refractivity contribution in [3.63, 3.8) is 0 Å². The van der Waals surface area contributed by atoms with Crippen LogP contribution in [0.3, 0.4) is 0 Å². The number of fused-ring (bicyclic) bond motifs is 1. The molecule has 0 spiro atoms. The summed E-state index contributed by atoms with van der Waals surface area (Å²) in [4.78, 5) is 0. The molecule has 0 radical (unpaired) electrons. The lowest BCUT2D eigenvalue weighted by atomic mass is 9.97. The molecule has 0 saturated carbocycles. The molecule has 0 amide bonds. The molecule has 148 valence electrons. The smallest absolute Gasteiger partial charge is 0.126 e. The van der Waals surface area contributed by atoms with E-state index in [1.165, 1.54) is 6.07 Å². The Morgan fingerprint density at radius 2 is 1.20 bits per heavy atom. The SMILES string of the molecule is Cc1ccc(C=Cc2ccc3ccccc3c2C=Cc2ccc(C)c(F)c2)cc1F. The predicted molar refractivity (Wildman–Crippen MR) is 124 cm³/mol. The van der Waals surface area contributed by atoms with Gasteiger partial charge in [0.05, 0.1) is 0 Å². The van der Waals surface area contributed by atoms with E-state index in [2.05, 4.69) is 24.3 Å². The molecule has 0 heterocycles. The maximum absolute atomic E-state index is 13.9. The van der Waals surface area contributed by atoms with Gasteiger partial charge in [0, 0.05) is 0 Å². The van der Waals surface area contributed by atoms with Crippen molar-refractivity contribution in [1.29, 1.82) is 0 Å². The molecule has 0 fully saturated rings. The Labute approximate surface area is 175 Å². The van der Waals surface area contributed by atoms with Crippen molar-refractivity contribution in [2.75, 3.05) is 0 Å². The van der Waals surface area contributed by atoms with Gasteiger partial charge >= 0.3 is 0 Å². The molecule has 0 aliphatic heterocycles. The number of aryl methyl sites for hydroxylation is 2. The second-order valence-corrected chi connectivity index (χ2v) is 7.47. The van der Waals surface area contributed by atoms with Crippen molar-refractivity contribution in [2.24, 2.45) is 0 Å². The van der Waals surface area contributed by atoms with E-state index >= 15 is 0 Å². The van der Waals surface area contributed by atoms with Crippen LogP contribution in [-0.4, -0.2) is 0 Å². The maximum Gasteiger partial charge on any atom is 0.126 e. The number of halogens is 2. The van der Waals surface area contributed by atoms with Crippen molar-refractivity contribution >= 4 is 35.1 Å². The highest BCUT2D eigenvalue weighted by Gasteiger charge is 2.04. The summed E-state index contributed by atoms with van der Waals surface area (Å²) in [6.07, 6.45) is 7.84. The van der Waals surface area contributed by atoms with Crippen LogP contribution in [0.1, 0.15) is 33.4 Å². The molecule has 4 rings (SSSR count). The zero-order valence-corrected chi connectivity index (χ0v) is 17.0. The van der Waals surface area contributed by atoms with Crippen LogP contribution in [0.2, 0.25) is 0 Å². The highest BCUT2D eigenvalue weighted by atomic mass is 19.1. The molecule has 0 atom stereocenters. The molecule has 0 unspecified atom stereocenters. The Bertz CT molecular complexity index is 1280. The van der Waals surface area contributed by atoms with Gasteiger partial charge in [-0.25, -0.2) is 8.78 Å². The van der Waals surface area contributed by atoms with Crippen LogP contribution in [0, 0.1) is 25.5 Å². The van der Waals surface area contributed by atoms with Crippen molar-refractivity contribution in [2.45, 2.75) is 13.8 Å². The zero-order chi connectivity index (χ0) is 21.1. The van der Waals surface area contributed by atoms with Gasteiger partial charge in [0.1, 0.15) is 11.6 Å². The van der Waals surface area contributed by atoms with Gasteiger partial charge in [0.2, 0.25) is 0 Å². The van der Waals surface area contributed by atoms with Crippen LogP contribution < -0.4 is 0 Å². The minimum Gasteiger partial charge on any atom is -0.207 e. The fraction of sp³-hybridized carbons (Fsp3) is 0.0714. The van der Waals surface area contributed by atoms with E-state index < -0.39 is 0 Å². The first kappa shape index (κ1) is 19.8. The highest BCUT2D eigenvalue weighted by molar-refractivity contribution is 5.97. The second-order valence-electron chi connectivity index (χ2n) is 7.47. The van der Waals surface area contributed by atoms with E-state index in [-0.39, 0.29) is 11.6 Å². The van der Waals surface area contributed by atoms with Gasteiger partial charge in [0.15, 0.2) is 0 Å². The normalized spacial score (nSPS) is 11.7. The van der Waals surface area contributed by atoms with Crippen LogP contribution in [0.25, 0.3) is 35.1 Å². The standard InChI is InChI=1S/C28H22F2/c1-19-7-9-21(17-27(19)29)11-13-24-15-14-23-5-3-4-6-25(23)26(24)16-12-22-10-8-20(2)28(30)18-22/h3-18H,1-2H3. The van der Waals surface area contributed by atoms with Gasteiger partial charge in [-0.05, 0) is 70.1 Å². The lowest BCUT2D eigenvalue weighted by Crippen LogP contribution is -1.86. The fourth-order valence-electron chi connectivity index (χ4n) is 3.43. The molecular formula is C28H22F2. The highest BCUT2D eigenvalue weighted by Crippen LogP contribution is 2.27. The van der Waals surface area contributed by atoms with Crippen LogP contribution in [0.5, 0.6) is 0 Å². The Kier molecular flexibility index (Phi) is 5.58. The molecule has 4 aromatic rings. The van der Waals surface area contributed by atoms with Gasteiger partial charge in [-0.2, -0.15) is 0 Å². The lowest BCUT2D eigenvalue weighted by Gasteiger charge is -2.08. The predicted octanol–water partition coefficient (Wildman–Crippen LogP) is 8.08. The lowest BCUT2D eigenvalue weighted by molar-refractivity contribution is 0.618. The zero-order valence-electron chi connectivity index (χ0n) is 17.0. The van der Waals surface area contributed by atoms with E-state index in [4.69, 9.17) is 0 Å². The first-order valence-electron chi connectivity index (χ1n) is 9.91. The van der Waals surface area contributed by atoms with Gasteiger partial charge in [-0.1, -0.05) is 85.0 Å². The molecule has 0 nitrogen and oxygen atoms in total. The van der Waals surface area contributed by atoms with Gasteiger partial charge in [-0.15, -0.1) is 0 Å². The summed E-state index contributed by atoms with van der Waals surface area (Å²) >= 11 is 0. The number of benzene rings is 4. The van der Waals surface area contributed by atoms with Crippen molar-refractivity contribution in [3.05, 3.63) is 118 Å². The van der Waals surface area contributed by atoms with E-state index in [1.54, 1.807) is 32.0 Å². The summed E-state index contributed by atoms with van der Waals surface area (Å²) in [7, 11) is 0. The third kappa shape index (κ3) is 4.23. The molecule has 2 heteroatoms. The van der Waals surface area contributed by atoms with Gasteiger partial charge < -0.3 is 0 Å². The topological polar surface area (TPSA) is 0 Å². The minimum atomic E-state index is -0.211. The first-order chi connectivity index (χ1) is 14.5. The maximum atomic E-state index is 13.9. The van der Waals surface area contributed by atoms with Gasteiger partial charge in [-0.3, -0.25) is 0 Å².